The Labute approximate surface area is 188 Å². The number of hydrogen-bond donors (Lipinski definition) is 0. The quantitative estimate of drug-likeness (QED) is 0.207. The molecule has 0 aliphatic rings. The topological polar surface area (TPSA) is 96.0 Å². The summed E-state index contributed by atoms with van der Waals surface area (Å²) in [6.07, 6.45) is 2.56. The first-order valence-corrected chi connectivity index (χ1v) is 10.8. The summed E-state index contributed by atoms with van der Waals surface area (Å²) in [6, 6.07) is 5.40. The molecule has 12 heteroatoms. The molecule has 0 fully saturated rings. The molecule has 0 spiro atoms. The zero-order valence-electron chi connectivity index (χ0n) is 15.7. The Morgan fingerprint density at radius 3 is 1.66 bits per heavy atom. The van der Waals surface area contributed by atoms with Gasteiger partial charge < -0.3 is 17.9 Å². The molecule has 0 bridgehead atoms. The van der Waals surface area contributed by atoms with E-state index in [0.717, 1.165) is 0 Å². The molecule has 2 aromatic carbocycles. The molecule has 0 unspecified atom stereocenters. The highest BCUT2D eigenvalue weighted by molar-refractivity contribution is 7.33. The van der Waals surface area contributed by atoms with Crippen molar-refractivity contribution in [3.8, 4) is 0 Å². The molecule has 4 rings (SSSR count). The maximum atomic E-state index is 14.3. The standard InChI is InChI=1S/C20H11Cl2F2O7P/c21-15-17(23)11(5-9-1-3-28-19(9)15)13(25)7-30-32(27)31-8-14(26)12-6-10-2-4-29-20(10)16(22)18(12)24/h1-6,32H,7-8H2. The first kappa shape index (κ1) is 22.6. The number of furan rings is 2. The van der Waals surface area contributed by atoms with E-state index in [9.17, 15) is 22.9 Å². The molecule has 0 saturated heterocycles. The average Bonchev–Trinajstić information content (AvgIpc) is 3.44. The summed E-state index contributed by atoms with van der Waals surface area (Å²) in [5.74, 6) is -3.74. The third-order valence-electron chi connectivity index (χ3n) is 4.49. The van der Waals surface area contributed by atoms with Crippen LogP contribution in [0.4, 0.5) is 8.78 Å². The van der Waals surface area contributed by atoms with Gasteiger partial charge in [0.15, 0.2) is 34.4 Å². The lowest BCUT2D eigenvalue weighted by molar-refractivity contribution is 0.0873. The zero-order valence-corrected chi connectivity index (χ0v) is 18.3. The molecule has 2 aromatic heterocycles. The maximum absolute atomic E-state index is 14.3. The second kappa shape index (κ2) is 9.13. The minimum Gasteiger partial charge on any atom is -0.463 e. The van der Waals surface area contributed by atoms with E-state index in [1.54, 1.807) is 0 Å². The molecule has 4 aromatic rings. The maximum Gasteiger partial charge on any atom is 0.320 e. The first-order chi connectivity index (χ1) is 15.3. The molecule has 0 radical (unpaired) electrons. The van der Waals surface area contributed by atoms with Gasteiger partial charge in [-0.05, 0) is 24.3 Å². The van der Waals surface area contributed by atoms with Gasteiger partial charge in [0.25, 0.3) is 0 Å². The Morgan fingerprint density at radius 1 is 0.844 bits per heavy atom. The largest absolute Gasteiger partial charge is 0.463 e. The van der Waals surface area contributed by atoms with Crippen molar-refractivity contribution in [3.05, 3.63) is 69.6 Å². The minimum atomic E-state index is -3.34. The van der Waals surface area contributed by atoms with Crippen LogP contribution in [0.2, 0.25) is 10.0 Å². The number of benzene rings is 2. The van der Waals surface area contributed by atoms with Crippen LogP contribution < -0.4 is 0 Å². The third-order valence-corrected chi connectivity index (χ3v) is 5.93. The van der Waals surface area contributed by atoms with Crippen molar-refractivity contribution in [1.29, 1.82) is 0 Å². The highest BCUT2D eigenvalue weighted by Crippen LogP contribution is 2.33. The monoisotopic (exact) mass is 502 g/mol. The van der Waals surface area contributed by atoms with Gasteiger partial charge in [-0.2, -0.15) is 0 Å². The van der Waals surface area contributed by atoms with Gasteiger partial charge in [-0.15, -0.1) is 0 Å². The van der Waals surface area contributed by atoms with Crippen LogP contribution in [0.1, 0.15) is 20.7 Å². The van der Waals surface area contributed by atoms with Gasteiger partial charge in [0.2, 0.25) is 0 Å². The van der Waals surface area contributed by atoms with Gasteiger partial charge in [-0.3, -0.25) is 14.2 Å². The summed E-state index contributed by atoms with van der Waals surface area (Å²) < 4.78 is 60.2. The van der Waals surface area contributed by atoms with Crippen molar-refractivity contribution in [3.63, 3.8) is 0 Å². The fourth-order valence-electron chi connectivity index (χ4n) is 2.95. The van der Waals surface area contributed by atoms with Crippen LogP contribution in [-0.4, -0.2) is 24.8 Å². The average molecular weight is 503 g/mol. The fourth-order valence-corrected chi connectivity index (χ4v) is 4.04. The van der Waals surface area contributed by atoms with E-state index in [4.69, 9.17) is 41.1 Å². The lowest BCUT2D eigenvalue weighted by Crippen LogP contribution is -2.11. The number of carbonyl (C=O) groups excluding carboxylic acids is 2. The smallest absolute Gasteiger partial charge is 0.320 e. The first-order valence-electron chi connectivity index (χ1n) is 8.84. The second-order valence-electron chi connectivity index (χ2n) is 6.46. The minimum absolute atomic E-state index is 0.0815. The van der Waals surface area contributed by atoms with Gasteiger partial charge in [-0.1, -0.05) is 23.2 Å². The van der Waals surface area contributed by atoms with Crippen LogP contribution in [0.15, 0.2) is 45.6 Å². The summed E-state index contributed by atoms with van der Waals surface area (Å²) >= 11 is 11.7. The van der Waals surface area contributed by atoms with Crippen LogP contribution in [0, 0.1) is 11.6 Å². The van der Waals surface area contributed by atoms with E-state index in [0.29, 0.717) is 10.8 Å². The van der Waals surface area contributed by atoms with Crippen LogP contribution in [0.25, 0.3) is 21.9 Å². The molecule has 166 valence electrons. The summed E-state index contributed by atoms with van der Waals surface area (Å²) in [7, 11) is -3.34. The Kier molecular flexibility index (Phi) is 6.46. The van der Waals surface area contributed by atoms with Gasteiger partial charge >= 0.3 is 8.25 Å². The van der Waals surface area contributed by atoms with Gasteiger partial charge in [0, 0.05) is 10.8 Å². The van der Waals surface area contributed by atoms with Crippen LogP contribution in [-0.2, 0) is 13.6 Å². The summed E-state index contributed by atoms with van der Waals surface area (Å²) in [4.78, 5) is 24.5. The van der Waals surface area contributed by atoms with Gasteiger partial charge in [0.05, 0.1) is 23.7 Å². The molecule has 0 aliphatic carbocycles. The van der Waals surface area contributed by atoms with Crippen molar-refractivity contribution in [2.75, 3.05) is 13.2 Å². The number of rotatable bonds is 8. The fraction of sp³-hybridized carbons (Fsp3) is 0.100. The number of fused-ring (bicyclic) bond motifs is 2. The summed E-state index contributed by atoms with van der Waals surface area (Å²) in [6.45, 7) is -1.60. The predicted octanol–water partition coefficient (Wildman–Crippen LogP) is 6.25. The number of Topliss-reactive ketones (excluding diaryl/α,β-unsaturated/α-hetero) is 2. The zero-order chi connectivity index (χ0) is 23.0. The summed E-state index contributed by atoms with van der Waals surface area (Å²) in [5, 5.41) is 0.0373. The summed E-state index contributed by atoms with van der Waals surface area (Å²) in [5.41, 5.74) is -0.615. The lowest BCUT2D eigenvalue weighted by Gasteiger charge is -2.08. The molecule has 0 aliphatic heterocycles. The number of hydrogen-bond acceptors (Lipinski definition) is 7. The van der Waals surface area contributed by atoms with Crippen molar-refractivity contribution < 1.29 is 40.8 Å². The van der Waals surface area contributed by atoms with Crippen molar-refractivity contribution >= 4 is 65.0 Å². The Morgan fingerprint density at radius 2 is 1.25 bits per heavy atom. The van der Waals surface area contributed by atoms with Crippen LogP contribution in [0.3, 0.4) is 0 Å². The van der Waals surface area contributed by atoms with Crippen LogP contribution in [0.5, 0.6) is 0 Å². The molecular formula is C20H11Cl2F2O7P. The molecule has 7 nitrogen and oxygen atoms in total. The molecule has 2 heterocycles. The highest BCUT2D eigenvalue weighted by atomic mass is 35.5. The highest BCUT2D eigenvalue weighted by Gasteiger charge is 2.22. The molecular weight excluding hydrogens is 492 g/mol. The van der Waals surface area contributed by atoms with Crippen molar-refractivity contribution in [2.45, 2.75) is 0 Å². The van der Waals surface area contributed by atoms with E-state index in [-0.39, 0.29) is 32.3 Å². The van der Waals surface area contributed by atoms with E-state index in [2.05, 4.69) is 0 Å². The Balaban J connectivity index is 1.38. The third kappa shape index (κ3) is 4.22. The second-order valence-corrected chi connectivity index (χ2v) is 8.29. The van der Waals surface area contributed by atoms with Gasteiger partial charge in [-0.25, -0.2) is 8.78 Å². The lowest BCUT2D eigenvalue weighted by atomic mass is 10.1. The van der Waals surface area contributed by atoms with Crippen molar-refractivity contribution in [2.24, 2.45) is 0 Å². The van der Waals surface area contributed by atoms with Gasteiger partial charge in [0.1, 0.15) is 23.3 Å². The SMILES string of the molecule is O=C(CO[PH](=O)OCC(=O)c1cc2ccoc2c(Cl)c1F)c1cc2ccoc2c(Cl)c1F. The van der Waals surface area contributed by atoms with Crippen molar-refractivity contribution in [1.82, 2.24) is 0 Å². The number of ketones is 2. The van der Waals surface area contributed by atoms with E-state index in [1.165, 1.54) is 36.8 Å². The molecule has 0 amide bonds. The molecule has 32 heavy (non-hydrogen) atoms. The van der Waals surface area contributed by atoms with E-state index in [1.807, 2.05) is 0 Å². The Bertz CT molecular complexity index is 1290. The normalized spacial score (nSPS) is 11.7. The van der Waals surface area contributed by atoms with E-state index >= 15 is 0 Å². The number of carbonyl (C=O) groups is 2. The molecule has 0 saturated carbocycles. The number of halogens is 4. The molecule has 0 atom stereocenters. The Hall–Kier alpha value is -2.55. The molecule has 0 N–H and O–H groups in total. The predicted molar refractivity (Wildman–Crippen MR) is 112 cm³/mol. The van der Waals surface area contributed by atoms with E-state index < -0.39 is 44.7 Å². The van der Waals surface area contributed by atoms with Crippen LogP contribution >= 0.6 is 31.5 Å².